The number of amides is 1. The molecule has 1 unspecified atom stereocenters. The molecule has 9 heteroatoms. The van der Waals surface area contributed by atoms with Crippen LogP contribution in [0.25, 0.3) is 0 Å². The molecule has 1 aromatic rings. The molecule has 0 aliphatic carbocycles. The lowest BCUT2D eigenvalue weighted by Crippen LogP contribution is -2.55. The van der Waals surface area contributed by atoms with Gasteiger partial charge in [-0.25, -0.2) is 8.42 Å². The van der Waals surface area contributed by atoms with E-state index in [0.29, 0.717) is 26.0 Å². The Hall–Kier alpha value is -1.12. The summed E-state index contributed by atoms with van der Waals surface area (Å²) in [6, 6.07) is 2.96. The number of ether oxygens (including phenoxy) is 1. The van der Waals surface area contributed by atoms with Gasteiger partial charge in [0.1, 0.15) is 6.04 Å². The predicted octanol–water partition coefficient (Wildman–Crippen LogP) is 3.58. The highest BCUT2D eigenvalue weighted by Crippen LogP contribution is 2.38. The number of carbonyl (C=O) groups excluding carboxylic acids is 1. The summed E-state index contributed by atoms with van der Waals surface area (Å²) in [5.74, 6) is -0.381. The summed E-state index contributed by atoms with van der Waals surface area (Å²) >= 11 is 12.1. The fourth-order valence-electron chi connectivity index (χ4n) is 4.38. The monoisotopic (exact) mass is 460 g/mol. The van der Waals surface area contributed by atoms with Crippen molar-refractivity contribution in [3.8, 4) is 0 Å². The van der Waals surface area contributed by atoms with E-state index in [1.807, 2.05) is 6.92 Å². The van der Waals surface area contributed by atoms with Crippen molar-refractivity contribution < 1.29 is 17.9 Å². The Balaban J connectivity index is 2.10. The van der Waals surface area contributed by atoms with Crippen molar-refractivity contribution in [2.24, 2.45) is 5.92 Å². The molecule has 6 nitrogen and oxygen atoms in total. The second-order valence-electron chi connectivity index (χ2n) is 7.65. The lowest BCUT2D eigenvalue weighted by Gasteiger charge is -2.40. The highest BCUT2D eigenvalue weighted by Gasteiger charge is 2.50. The minimum absolute atomic E-state index is 0.000835. The van der Waals surface area contributed by atoms with Crippen LogP contribution in [-0.4, -0.2) is 61.9 Å². The third-order valence-electron chi connectivity index (χ3n) is 5.74. The first-order valence-electron chi connectivity index (χ1n) is 9.62. The van der Waals surface area contributed by atoms with E-state index in [9.17, 15) is 13.2 Å². The summed E-state index contributed by atoms with van der Waals surface area (Å²) in [5, 5.41) is 0.469. The molecule has 2 aliphatic heterocycles. The Morgan fingerprint density at radius 2 is 1.93 bits per heavy atom. The quantitative estimate of drug-likeness (QED) is 0.608. The van der Waals surface area contributed by atoms with E-state index in [4.69, 9.17) is 27.9 Å². The van der Waals surface area contributed by atoms with Gasteiger partial charge in [-0.05, 0) is 44.4 Å². The van der Waals surface area contributed by atoms with E-state index in [1.54, 1.807) is 18.1 Å². The van der Waals surface area contributed by atoms with Crippen molar-refractivity contribution in [1.29, 1.82) is 0 Å². The van der Waals surface area contributed by atoms with Crippen LogP contribution >= 0.6 is 23.2 Å². The van der Waals surface area contributed by atoms with E-state index in [-0.39, 0.29) is 38.8 Å². The normalized spacial score (nSPS) is 26.8. The first kappa shape index (κ1) is 22.6. The third kappa shape index (κ3) is 4.35. The van der Waals surface area contributed by atoms with Gasteiger partial charge in [0, 0.05) is 35.7 Å². The maximum Gasteiger partial charge on any atom is 0.244 e. The number of fused-ring (bicyclic) bond motifs is 2. The lowest BCUT2D eigenvalue weighted by atomic mass is 9.90. The molecule has 2 saturated heterocycles. The molecule has 2 heterocycles. The molecule has 0 saturated carbocycles. The average Bonchev–Trinajstić information content (AvgIpc) is 2.73. The van der Waals surface area contributed by atoms with Crippen LogP contribution in [0.4, 0.5) is 0 Å². The largest absolute Gasteiger partial charge is 0.383 e. The average molecular weight is 461 g/mol. The van der Waals surface area contributed by atoms with Crippen LogP contribution in [0.1, 0.15) is 26.2 Å². The summed E-state index contributed by atoms with van der Waals surface area (Å²) in [6.07, 6.45) is 3.68. The van der Waals surface area contributed by atoms with Crippen LogP contribution in [0.2, 0.25) is 10.0 Å². The Morgan fingerprint density at radius 3 is 2.52 bits per heavy atom. The molecule has 0 N–H and O–H groups in total. The summed E-state index contributed by atoms with van der Waals surface area (Å²) in [7, 11) is -2.40. The second-order valence-corrected chi connectivity index (χ2v) is 10.4. The molecule has 3 rings (SSSR count). The Kier molecular flexibility index (Phi) is 6.95. The molecule has 0 spiro atoms. The number of sulfonamides is 1. The Morgan fingerprint density at radius 1 is 1.28 bits per heavy atom. The molecular weight excluding hydrogens is 435 g/mol. The van der Waals surface area contributed by atoms with Gasteiger partial charge in [-0.15, -0.1) is 6.58 Å². The molecule has 29 heavy (non-hydrogen) atoms. The first-order chi connectivity index (χ1) is 13.7. The van der Waals surface area contributed by atoms with Crippen molar-refractivity contribution in [2.45, 2.75) is 49.2 Å². The number of piperidine rings is 1. The first-order valence-corrected chi connectivity index (χ1v) is 11.8. The Bertz CT molecular complexity index is 872. The van der Waals surface area contributed by atoms with E-state index in [0.717, 1.165) is 6.42 Å². The number of benzene rings is 1. The number of methoxy groups -OCH3 is 1. The van der Waals surface area contributed by atoms with Crippen LogP contribution in [-0.2, 0) is 19.6 Å². The summed E-state index contributed by atoms with van der Waals surface area (Å²) < 4.78 is 33.9. The van der Waals surface area contributed by atoms with Crippen LogP contribution in [0.3, 0.4) is 0 Å². The van der Waals surface area contributed by atoms with E-state index in [2.05, 4.69) is 6.58 Å². The minimum atomic E-state index is -3.99. The molecule has 0 aromatic heterocycles. The van der Waals surface area contributed by atoms with Gasteiger partial charge in [-0.1, -0.05) is 29.3 Å². The highest BCUT2D eigenvalue weighted by molar-refractivity contribution is 7.89. The standard InChI is InChI=1S/C20H26Cl2N2O4S/c1-4-14-11-23(13(2)12-28-3)20(25)19-7-5-6-18(14)24(19)29(26,27)17-9-15(21)8-16(22)10-17/h4,8-10,13-14,18-19H,1,5-7,11-12H2,2-3H3/t13?,14-,18+,19-/m0/s1. The van der Waals surface area contributed by atoms with E-state index < -0.39 is 16.1 Å². The number of rotatable bonds is 6. The number of hydrogen-bond donors (Lipinski definition) is 0. The van der Waals surface area contributed by atoms with Crippen molar-refractivity contribution in [2.75, 3.05) is 20.3 Å². The predicted molar refractivity (Wildman–Crippen MR) is 114 cm³/mol. The highest BCUT2D eigenvalue weighted by atomic mass is 35.5. The second kappa shape index (κ2) is 8.94. The number of nitrogens with zero attached hydrogens (tertiary/aromatic N) is 2. The van der Waals surface area contributed by atoms with Gasteiger partial charge < -0.3 is 9.64 Å². The maximum absolute atomic E-state index is 13.6. The van der Waals surface area contributed by atoms with Crippen LogP contribution < -0.4 is 0 Å². The molecule has 0 radical (unpaired) electrons. The van der Waals surface area contributed by atoms with Crippen LogP contribution in [0, 0.1) is 5.92 Å². The van der Waals surface area contributed by atoms with Crippen molar-refractivity contribution >= 4 is 39.1 Å². The van der Waals surface area contributed by atoms with Crippen molar-refractivity contribution in [3.63, 3.8) is 0 Å². The SMILES string of the molecule is C=C[C@H]1CN(C(C)COC)C(=O)[C@@H]2CCC[C@H]1N2S(=O)(=O)c1cc(Cl)cc(Cl)c1. The van der Waals surface area contributed by atoms with Gasteiger partial charge in [0.25, 0.3) is 0 Å². The van der Waals surface area contributed by atoms with Gasteiger partial charge in [-0.2, -0.15) is 4.31 Å². The zero-order chi connectivity index (χ0) is 21.3. The van der Waals surface area contributed by atoms with E-state index >= 15 is 0 Å². The molecule has 2 fully saturated rings. The van der Waals surface area contributed by atoms with Gasteiger partial charge >= 0.3 is 0 Å². The fourth-order valence-corrected chi connectivity index (χ4v) is 6.98. The molecule has 2 aliphatic rings. The molecular formula is C20H26Cl2N2O4S. The van der Waals surface area contributed by atoms with Crippen molar-refractivity contribution in [1.82, 2.24) is 9.21 Å². The van der Waals surface area contributed by atoms with E-state index in [1.165, 1.54) is 22.5 Å². The van der Waals surface area contributed by atoms with Gasteiger partial charge in [-0.3, -0.25) is 4.79 Å². The van der Waals surface area contributed by atoms with Gasteiger partial charge in [0.05, 0.1) is 17.5 Å². The van der Waals surface area contributed by atoms with Gasteiger partial charge in [0.2, 0.25) is 15.9 Å². The number of carbonyl (C=O) groups is 1. The molecule has 2 bridgehead atoms. The summed E-state index contributed by atoms with van der Waals surface area (Å²) in [4.78, 5) is 15.2. The molecule has 160 valence electrons. The van der Waals surface area contributed by atoms with Crippen molar-refractivity contribution in [3.05, 3.63) is 40.9 Å². The molecule has 1 amide bonds. The third-order valence-corrected chi connectivity index (χ3v) is 8.08. The summed E-state index contributed by atoms with van der Waals surface area (Å²) in [5.41, 5.74) is 0. The zero-order valence-corrected chi connectivity index (χ0v) is 18.9. The maximum atomic E-state index is 13.6. The smallest absolute Gasteiger partial charge is 0.244 e. The topological polar surface area (TPSA) is 66.9 Å². The summed E-state index contributed by atoms with van der Waals surface area (Å²) in [6.45, 7) is 6.62. The number of hydrogen-bond acceptors (Lipinski definition) is 4. The Labute approximate surface area is 182 Å². The zero-order valence-electron chi connectivity index (χ0n) is 16.6. The minimum Gasteiger partial charge on any atom is -0.383 e. The fraction of sp³-hybridized carbons (Fsp3) is 0.550. The lowest BCUT2D eigenvalue weighted by molar-refractivity contribution is -0.138. The molecule has 1 aromatic carbocycles. The van der Waals surface area contributed by atoms with Crippen LogP contribution in [0.15, 0.2) is 35.7 Å². The number of halogens is 2. The molecule has 4 atom stereocenters. The van der Waals surface area contributed by atoms with Crippen LogP contribution in [0.5, 0.6) is 0 Å². The van der Waals surface area contributed by atoms with Gasteiger partial charge in [0.15, 0.2) is 0 Å².